The first-order valence-electron chi connectivity index (χ1n) is 11.9. The summed E-state index contributed by atoms with van der Waals surface area (Å²) >= 11 is 6.45. The monoisotopic (exact) mass is 533 g/mol. The van der Waals surface area contributed by atoms with Crippen LogP contribution in [0.2, 0.25) is 5.02 Å². The first kappa shape index (κ1) is 25.5. The van der Waals surface area contributed by atoms with E-state index in [1.807, 2.05) is 35.2 Å². The van der Waals surface area contributed by atoms with E-state index in [2.05, 4.69) is 31.0 Å². The third-order valence-corrected chi connectivity index (χ3v) is 6.58. The van der Waals surface area contributed by atoms with Crippen LogP contribution in [0, 0.1) is 5.41 Å². The van der Waals surface area contributed by atoms with E-state index in [-0.39, 0.29) is 30.0 Å². The SMILES string of the molecule is Cn1c(=O)n(CC(C)(C)C)c2ccc(-c3cc(Cl)cc(CN4CCn5c(nnc5C(F)(F)F)C4)c3)nc21. The number of rotatable bonds is 4. The average Bonchev–Trinajstić information content (AvgIpc) is 3.33. The van der Waals surface area contributed by atoms with Crippen molar-refractivity contribution in [2.24, 2.45) is 12.5 Å². The summed E-state index contributed by atoms with van der Waals surface area (Å²) in [6, 6.07) is 9.38. The minimum Gasteiger partial charge on any atom is -0.305 e. The fraction of sp³-hybridized carbons (Fsp3) is 0.440. The van der Waals surface area contributed by atoms with Gasteiger partial charge < -0.3 is 4.57 Å². The molecule has 12 heteroatoms. The number of nitrogens with zero attached hydrogens (tertiary/aromatic N) is 7. The first-order chi connectivity index (χ1) is 17.3. The van der Waals surface area contributed by atoms with E-state index < -0.39 is 12.0 Å². The molecule has 37 heavy (non-hydrogen) atoms. The zero-order chi connectivity index (χ0) is 26.7. The molecule has 0 aliphatic carbocycles. The summed E-state index contributed by atoms with van der Waals surface area (Å²) in [4.78, 5) is 19.7. The Bertz CT molecular complexity index is 1540. The Morgan fingerprint density at radius 1 is 1.05 bits per heavy atom. The summed E-state index contributed by atoms with van der Waals surface area (Å²) in [6.07, 6.45) is -4.53. The minimum absolute atomic E-state index is 0.0748. The molecule has 0 unspecified atom stereocenters. The van der Waals surface area contributed by atoms with Gasteiger partial charge in [-0.15, -0.1) is 10.2 Å². The Kier molecular flexibility index (Phi) is 6.18. The number of aryl methyl sites for hydroxylation is 1. The third kappa shape index (κ3) is 5.02. The van der Waals surface area contributed by atoms with E-state index in [0.29, 0.717) is 36.0 Å². The van der Waals surface area contributed by atoms with Gasteiger partial charge in [-0.05, 0) is 41.3 Å². The third-order valence-electron chi connectivity index (χ3n) is 6.36. The van der Waals surface area contributed by atoms with Crippen LogP contribution in [0.25, 0.3) is 22.4 Å². The second kappa shape index (κ2) is 8.98. The van der Waals surface area contributed by atoms with Gasteiger partial charge in [-0.1, -0.05) is 32.4 Å². The average molecular weight is 534 g/mol. The van der Waals surface area contributed by atoms with E-state index in [1.54, 1.807) is 16.2 Å². The number of hydrogen-bond donors (Lipinski definition) is 0. The zero-order valence-electron chi connectivity index (χ0n) is 21.0. The summed E-state index contributed by atoms with van der Waals surface area (Å²) in [7, 11) is 1.71. The Morgan fingerprint density at radius 2 is 1.81 bits per heavy atom. The van der Waals surface area contributed by atoms with Crippen molar-refractivity contribution in [3.05, 3.63) is 63.1 Å². The van der Waals surface area contributed by atoms with E-state index in [4.69, 9.17) is 16.6 Å². The fourth-order valence-corrected chi connectivity index (χ4v) is 5.02. The topological polar surface area (TPSA) is 73.8 Å². The molecule has 196 valence electrons. The van der Waals surface area contributed by atoms with Crippen LogP contribution in [0.15, 0.2) is 35.1 Å². The van der Waals surface area contributed by atoms with Gasteiger partial charge in [0.15, 0.2) is 5.65 Å². The summed E-state index contributed by atoms with van der Waals surface area (Å²) in [6.45, 7) is 8.10. The van der Waals surface area contributed by atoms with Crippen LogP contribution < -0.4 is 5.69 Å². The Morgan fingerprint density at radius 3 is 2.51 bits per heavy atom. The number of hydrogen-bond acceptors (Lipinski definition) is 5. The van der Waals surface area contributed by atoms with Crippen LogP contribution >= 0.6 is 11.6 Å². The van der Waals surface area contributed by atoms with Crippen LogP contribution in [0.3, 0.4) is 0 Å². The predicted octanol–water partition coefficient (Wildman–Crippen LogP) is 4.73. The first-order valence-corrected chi connectivity index (χ1v) is 12.3. The van der Waals surface area contributed by atoms with Crippen LogP contribution in [0.5, 0.6) is 0 Å². The van der Waals surface area contributed by atoms with Crippen molar-refractivity contribution in [2.45, 2.75) is 53.1 Å². The molecule has 0 N–H and O–H groups in total. The van der Waals surface area contributed by atoms with E-state index >= 15 is 0 Å². The van der Waals surface area contributed by atoms with Crippen LogP contribution in [0.1, 0.15) is 38.0 Å². The number of benzene rings is 1. The van der Waals surface area contributed by atoms with Crippen molar-refractivity contribution >= 4 is 22.8 Å². The van der Waals surface area contributed by atoms with Crippen molar-refractivity contribution < 1.29 is 13.2 Å². The number of pyridine rings is 1. The lowest BCUT2D eigenvalue weighted by molar-refractivity contribution is -0.148. The molecule has 0 atom stereocenters. The summed E-state index contributed by atoms with van der Waals surface area (Å²) < 4.78 is 43.9. The van der Waals surface area contributed by atoms with Crippen molar-refractivity contribution in [1.82, 2.24) is 33.8 Å². The standard InChI is InChI=1S/C25H27ClF3N7O/c1-24(2,3)14-36-19-6-5-18(30-21(19)33(4)23(36)37)16-9-15(10-17(26)11-16)12-34-7-8-35-20(13-34)31-32-22(35)25(27,28)29/h5-6,9-11H,7-8,12-14H2,1-4H3. The maximum Gasteiger partial charge on any atom is 0.451 e. The number of fused-ring (bicyclic) bond motifs is 2. The quantitative estimate of drug-likeness (QED) is 0.379. The van der Waals surface area contributed by atoms with Gasteiger partial charge in [-0.25, -0.2) is 9.78 Å². The van der Waals surface area contributed by atoms with Crippen LogP contribution in [0.4, 0.5) is 13.2 Å². The zero-order valence-corrected chi connectivity index (χ0v) is 21.7. The largest absolute Gasteiger partial charge is 0.451 e. The smallest absolute Gasteiger partial charge is 0.305 e. The molecule has 8 nitrogen and oxygen atoms in total. The van der Waals surface area contributed by atoms with Gasteiger partial charge in [0.1, 0.15) is 5.82 Å². The van der Waals surface area contributed by atoms with Crippen LogP contribution in [-0.2, 0) is 39.4 Å². The second-order valence-electron chi connectivity index (χ2n) is 10.7. The molecule has 0 saturated carbocycles. The molecule has 4 heterocycles. The van der Waals surface area contributed by atoms with E-state index in [1.165, 1.54) is 0 Å². The maximum absolute atomic E-state index is 13.1. The lowest BCUT2D eigenvalue weighted by atomic mass is 9.97. The van der Waals surface area contributed by atoms with Gasteiger partial charge in [0.05, 0.1) is 17.8 Å². The fourth-order valence-electron chi connectivity index (χ4n) is 4.76. The molecule has 1 aliphatic heterocycles. The molecular formula is C25H27ClF3N7O. The van der Waals surface area contributed by atoms with Gasteiger partial charge in [0, 0.05) is 43.8 Å². The number of imidazole rings is 1. The number of halogens is 4. The van der Waals surface area contributed by atoms with Crippen molar-refractivity contribution in [1.29, 1.82) is 0 Å². The van der Waals surface area contributed by atoms with Gasteiger partial charge in [-0.2, -0.15) is 13.2 Å². The molecule has 1 aromatic carbocycles. The molecule has 5 rings (SSSR count). The highest BCUT2D eigenvalue weighted by Gasteiger charge is 2.39. The molecule has 0 bridgehead atoms. The Balaban J connectivity index is 1.42. The second-order valence-corrected chi connectivity index (χ2v) is 11.1. The molecule has 0 fully saturated rings. The predicted molar refractivity (Wildman–Crippen MR) is 134 cm³/mol. The van der Waals surface area contributed by atoms with Gasteiger partial charge in [0.2, 0.25) is 5.82 Å². The van der Waals surface area contributed by atoms with E-state index in [9.17, 15) is 18.0 Å². The molecule has 0 saturated heterocycles. The van der Waals surface area contributed by atoms with Gasteiger partial charge >= 0.3 is 11.9 Å². The van der Waals surface area contributed by atoms with Crippen LogP contribution in [-0.4, -0.2) is 40.3 Å². The molecule has 0 radical (unpaired) electrons. The van der Waals surface area contributed by atoms with Gasteiger partial charge in [-0.3, -0.25) is 14.0 Å². The lowest BCUT2D eigenvalue weighted by Crippen LogP contribution is -2.34. The van der Waals surface area contributed by atoms with Crippen molar-refractivity contribution in [2.75, 3.05) is 6.54 Å². The summed E-state index contributed by atoms with van der Waals surface area (Å²) in [5.41, 5.74) is 3.52. The maximum atomic E-state index is 13.1. The lowest BCUT2D eigenvalue weighted by Gasteiger charge is -2.28. The normalized spacial score (nSPS) is 14.9. The highest BCUT2D eigenvalue weighted by Crippen LogP contribution is 2.31. The summed E-state index contributed by atoms with van der Waals surface area (Å²) in [5.74, 6) is -0.673. The molecule has 0 amide bonds. The summed E-state index contributed by atoms with van der Waals surface area (Å²) in [5, 5.41) is 7.62. The highest BCUT2D eigenvalue weighted by atomic mass is 35.5. The highest BCUT2D eigenvalue weighted by molar-refractivity contribution is 6.31. The van der Waals surface area contributed by atoms with Crippen molar-refractivity contribution in [3.8, 4) is 11.3 Å². The number of aromatic nitrogens is 6. The molecular weight excluding hydrogens is 507 g/mol. The molecule has 4 aromatic rings. The Labute approximate surface area is 216 Å². The molecule has 3 aromatic heterocycles. The van der Waals surface area contributed by atoms with E-state index in [0.717, 1.165) is 21.2 Å². The van der Waals surface area contributed by atoms with Gasteiger partial charge in [0.25, 0.3) is 0 Å². The minimum atomic E-state index is -4.53. The molecule has 1 aliphatic rings. The van der Waals surface area contributed by atoms with Crippen molar-refractivity contribution in [3.63, 3.8) is 0 Å². The number of alkyl halides is 3. The Hall–Kier alpha value is -3.18. The molecule has 0 spiro atoms.